The highest BCUT2D eigenvalue weighted by Crippen LogP contribution is 2.48. The fourth-order valence-electron chi connectivity index (χ4n) is 10.1. The molecule has 4 atom stereocenters. The summed E-state index contributed by atoms with van der Waals surface area (Å²) in [7, 11) is 0. The Morgan fingerprint density at radius 3 is 2.41 bits per heavy atom. The summed E-state index contributed by atoms with van der Waals surface area (Å²) in [5.41, 5.74) is 7.37. The van der Waals surface area contributed by atoms with E-state index in [1.165, 1.54) is 16.8 Å². The van der Waals surface area contributed by atoms with Crippen LogP contribution in [0, 0.1) is 5.92 Å². The lowest BCUT2D eigenvalue weighted by atomic mass is 9.76. The average Bonchev–Trinajstić information content (AvgIpc) is 3.56. The number of carbonyl (C=O) groups excluding carboxylic acids is 3. The molecule has 288 valence electrons. The number of anilines is 2. The highest BCUT2D eigenvalue weighted by molar-refractivity contribution is 6.06. The highest BCUT2D eigenvalue weighted by Gasteiger charge is 2.43. The first-order valence-electron chi connectivity index (χ1n) is 20.2. The molecule has 3 saturated heterocycles. The molecule has 1 unspecified atom stereocenters. The van der Waals surface area contributed by atoms with E-state index in [9.17, 15) is 19.5 Å². The van der Waals surface area contributed by atoms with Crippen molar-refractivity contribution in [3.05, 3.63) is 113 Å². The monoisotopic (exact) mass is 753 g/mol. The lowest BCUT2D eigenvalue weighted by molar-refractivity contribution is -0.136. The van der Waals surface area contributed by atoms with E-state index >= 15 is 0 Å². The van der Waals surface area contributed by atoms with Crippen LogP contribution >= 0.6 is 0 Å². The predicted molar refractivity (Wildman–Crippen MR) is 212 cm³/mol. The number of ether oxygens (including phenoxy) is 2. The molecule has 3 fully saturated rings. The van der Waals surface area contributed by atoms with Crippen molar-refractivity contribution in [2.75, 3.05) is 62.3 Å². The van der Waals surface area contributed by atoms with Gasteiger partial charge in [-0.15, -0.1) is 0 Å². The number of phenolic OH excluding ortho intramolecular Hbond substituents is 1. The molecule has 11 nitrogen and oxygen atoms in total. The number of imide groups is 1. The Morgan fingerprint density at radius 1 is 0.786 bits per heavy atom. The van der Waals surface area contributed by atoms with Crippen molar-refractivity contribution in [2.24, 2.45) is 5.92 Å². The van der Waals surface area contributed by atoms with Crippen LogP contribution in [0.3, 0.4) is 0 Å². The van der Waals surface area contributed by atoms with E-state index in [4.69, 9.17) is 9.47 Å². The molecule has 4 aromatic carbocycles. The third kappa shape index (κ3) is 6.22. The van der Waals surface area contributed by atoms with Gasteiger partial charge in [0.05, 0.1) is 24.9 Å². The standard InChI is InChI=1S/C45H47N5O6/c51-33-10-11-35-40(22-33)55-27-37(29-4-2-1-3-5-29)42(35)30-6-8-31(9-7-30)48-18-16-28(17-19-48)23-47-20-21-49-32(24-47)26-56-43-36-25-50(39-14-15-41(52)46-44(39)53)45(54)34(36)12-13-38(43)49/h1-13,22,28,32,37,39,42,51H,14-21,23-27H2,(H,46,52,53)/t32-,37-,39?,42-/m1/s1. The van der Waals surface area contributed by atoms with E-state index in [2.05, 4.69) is 74.6 Å². The number of hydrogen-bond acceptors (Lipinski definition) is 9. The quantitative estimate of drug-likeness (QED) is 0.255. The maximum absolute atomic E-state index is 13.4. The molecule has 2 N–H and O–H groups in total. The Morgan fingerprint density at radius 2 is 1.61 bits per heavy atom. The van der Waals surface area contributed by atoms with Crippen molar-refractivity contribution in [2.45, 2.75) is 56.1 Å². The predicted octanol–water partition coefficient (Wildman–Crippen LogP) is 5.26. The summed E-state index contributed by atoms with van der Waals surface area (Å²) in [6, 6.07) is 28.8. The van der Waals surface area contributed by atoms with Gasteiger partial charge in [0, 0.05) is 86.0 Å². The first kappa shape index (κ1) is 34.9. The summed E-state index contributed by atoms with van der Waals surface area (Å²) >= 11 is 0. The van der Waals surface area contributed by atoms with Gasteiger partial charge in [-0.05, 0) is 66.6 Å². The summed E-state index contributed by atoms with van der Waals surface area (Å²) in [6.45, 7) is 7.44. The molecule has 11 heteroatoms. The second-order valence-corrected chi connectivity index (χ2v) is 16.3. The van der Waals surface area contributed by atoms with E-state index in [1.807, 2.05) is 18.2 Å². The van der Waals surface area contributed by atoms with E-state index < -0.39 is 11.9 Å². The Hall–Kier alpha value is -5.55. The number of piperazine rings is 1. The lowest BCUT2D eigenvalue weighted by Gasteiger charge is -2.47. The summed E-state index contributed by atoms with van der Waals surface area (Å²) in [6.07, 6.45) is 2.90. The van der Waals surface area contributed by atoms with Gasteiger partial charge in [0.1, 0.15) is 29.9 Å². The zero-order chi connectivity index (χ0) is 37.9. The van der Waals surface area contributed by atoms with Gasteiger partial charge in [-0.2, -0.15) is 0 Å². The first-order valence-corrected chi connectivity index (χ1v) is 20.2. The normalized spacial score (nSPS) is 25.1. The Bertz CT molecular complexity index is 2170. The number of carbonyl (C=O) groups is 3. The number of hydrogen-bond donors (Lipinski definition) is 2. The van der Waals surface area contributed by atoms with Crippen LogP contribution in [0.15, 0.2) is 84.9 Å². The number of nitrogens with one attached hydrogen (secondary N) is 1. The van der Waals surface area contributed by atoms with Gasteiger partial charge in [0.15, 0.2) is 0 Å². The smallest absolute Gasteiger partial charge is 0.255 e. The number of fused-ring (bicyclic) bond motifs is 6. The minimum atomic E-state index is -0.637. The molecule has 56 heavy (non-hydrogen) atoms. The van der Waals surface area contributed by atoms with Crippen LogP contribution in [0.1, 0.15) is 70.1 Å². The summed E-state index contributed by atoms with van der Waals surface area (Å²) < 4.78 is 12.6. The van der Waals surface area contributed by atoms with Gasteiger partial charge in [-0.3, -0.25) is 24.6 Å². The van der Waals surface area contributed by atoms with Crippen molar-refractivity contribution in [3.63, 3.8) is 0 Å². The van der Waals surface area contributed by atoms with Gasteiger partial charge in [0.25, 0.3) is 5.91 Å². The van der Waals surface area contributed by atoms with Crippen LogP contribution in [-0.2, 0) is 16.1 Å². The molecule has 0 spiro atoms. The second kappa shape index (κ2) is 14.2. The molecule has 0 saturated carbocycles. The average molecular weight is 754 g/mol. The van der Waals surface area contributed by atoms with E-state index in [0.717, 1.165) is 80.4 Å². The number of phenols is 1. The molecule has 6 aliphatic rings. The van der Waals surface area contributed by atoms with Crippen molar-refractivity contribution < 1.29 is 29.0 Å². The van der Waals surface area contributed by atoms with Gasteiger partial charge in [-0.25, -0.2) is 0 Å². The minimum Gasteiger partial charge on any atom is -0.508 e. The van der Waals surface area contributed by atoms with Crippen LogP contribution in [0.2, 0.25) is 0 Å². The van der Waals surface area contributed by atoms with Crippen molar-refractivity contribution >= 4 is 29.1 Å². The molecule has 6 aliphatic heterocycles. The number of piperidine rings is 2. The van der Waals surface area contributed by atoms with Gasteiger partial charge in [0.2, 0.25) is 11.8 Å². The molecule has 0 bridgehead atoms. The van der Waals surface area contributed by atoms with Crippen LogP contribution in [0.5, 0.6) is 17.2 Å². The van der Waals surface area contributed by atoms with E-state index in [1.54, 1.807) is 17.0 Å². The molecule has 0 aromatic heterocycles. The first-order chi connectivity index (χ1) is 27.4. The van der Waals surface area contributed by atoms with Gasteiger partial charge < -0.3 is 29.3 Å². The Labute approximate surface area is 326 Å². The maximum Gasteiger partial charge on any atom is 0.255 e. The van der Waals surface area contributed by atoms with Gasteiger partial charge >= 0.3 is 0 Å². The Balaban J connectivity index is 0.758. The summed E-state index contributed by atoms with van der Waals surface area (Å²) in [5, 5.41) is 12.6. The number of nitrogens with zero attached hydrogens (tertiary/aromatic N) is 4. The number of rotatable bonds is 6. The molecule has 0 radical (unpaired) electrons. The molecule has 0 aliphatic carbocycles. The third-order valence-corrected chi connectivity index (χ3v) is 13.1. The van der Waals surface area contributed by atoms with Crippen LogP contribution in [-0.4, -0.2) is 97.2 Å². The van der Waals surface area contributed by atoms with Gasteiger partial charge in [-0.1, -0.05) is 48.5 Å². The molecular weight excluding hydrogens is 707 g/mol. The van der Waals surface area contributed by atoms with E-state index in [0.29, 0.717) is 37.7 Å². The number of benzene rings is 4. The molecule has 3 amide bonds. The molecule has 6 heterocycles. The summed E-state index contributed by atoms with van der Waals surface area (Å²) in [4.78, 5) is 46.9. The highest BCUT2D eigenvalue weighted by atomic mass is 16.5. The SMILES string of the molecule is O=C1CCC(N2Cc3c(ccc4c3OC[C@H]3CN(CC5CCN(c6ccc([C@@H]7c8ccc(O)cc8OC[C@@H]7c7ccccc7)cc6)CC5)CCN43)C2=O)C(=O)N1. The van der Waals surface area contributed by atoms with Crippen LogP contribution in [0.4, 0.5) is 11.4 Å². The van der Waals surface area contributed by atoms with E-state index in [-0.39, 0.29) is 41.9 Å². The topological polar surface area (TPSA) is 115 Å². The maximum atomic E-state index is 13.4. The van der Waals surface area contributed by atoms with Crippen molar-refractivity contribution in [1.82, 2.24) is 15.1 Å². The minimum absolute atomic E-state index is 0.130. The van der Waals surface area contributed by atoms with Crippen LogP contribution < -0.4 is 24.6 Å². The van der Waals surface area contributed by atoms with Crippen LogP contribution in [0.25, 0.3) is 0 Å². The zero-order valence-electron chi connectivity index (χ0n) is 31.4. The second-order valence-electron chi connectivity index (χ2n) is 16.3. The lowest BCUT2D eigenvalue weighted by Crippen LogP contribution is -2.58. The number of amides is 3. The molecule has 4 aromatic rings. The van der Waals surface area contributed by atoms with Crippen molar-refractivity contribution in [3.8, 4) is 17.2 Å². The largest absolute Gasteiger partial charge is 0.508 e. The molecule has 10 rings (SSSR count). The Kier molecular flexibility index (Phi) is 8.84. The van der Waals surface area contributed by atoms with Crippen molar-refractivity contribution in [1.29, 1.82) is 0 Å². The third-order valence-electron chi connectivity index (χ3n) is 13.1. The zero-order valence-corrected chi connectivity index (χ0v) is 31.4. The molecular formula is C45H47N5O6. The number of aromatic hydroxyl groups is 1. The fourth-order valence-corrected chi connectivity index (χ4v) is 10.1. The summed E-state index contributed by atoms with van der Waals surface area (Å²) in [5.74, 6) is 1.85. The fraction of sp³-hybridized carbons (Fsp3) is 0.400.